The summed E-state index contributed by atoms with van der Waals surface area (Å²) in [6, 6.07) is 5.15. The number of aromatic hydroxyl groups is 3. The standard InChI is InChI=1S/C26H30O7/c1-13(2)6-7-15(14(3)4)10-18-20(29)12-21(32-5)22-23(30)24(31)26(33-25(18)22)17-9-8-16(27)11-19(17)28/h6,8-9,11-12,15,24,26-29,31H,3,7,10H2,1-2,4-5H3/t15-,24+,26+/m1/s1. The number of fused-ring (bicyclic) bond motifs is 1. The summed E-state index contributed by atoms with van der Waals surface area (Å²) >= 11 is 0. The molecule has 0 amide bonds. The number of ether oxygens (including phenoxy) is 2. The molecule has 0 fully saturated rings. The van der Waals surface area contributed by atoms with Crippen molar-refractivity contribution in [1.29, 1.82) is 0 Å². The average molecular weight is 455 g/mol. The molecule has 2 aromatic carbocycles. The van der Waals surface area contributed by atoms with Gasteiger partial charge in [0.25, 0.3) is 0 Å². The smallest absolute Gasteiger partial charge is 0.202 e. The van der Waals surface area contributed by atoms with Crippen molar-refractivity contribution < 1.29 is 34.7 Å². The van der Waals surface area contributed by atoms with Gasteiger partial charge in [-0.15, -0.1) is 0 Å². The number of aliphatic hydroxyl groups is 1. The van der Waals surface area contributed by atoms with Crippen LogP contribution < -0.4 is 9.47 Å². The summed E-state index contributed by atoms with van der Waals surface area (Å²) in [4.78, 5) is 13.2. The molecule has 0 radical (unpaired) electrons. The van der Waals surface area contributed by atoms with Gasteiger partial charge in [0.2, 0.25) is 5.78 Å². The predicted octanol–water partition coefficient (Wildman–Crippen LogP) is 4.58. The summed E-state index contributed by atoms with van der Waals surface area (Å²) in [5.41, 5.74) is 2.62. The minimum atomic E-state index is -1.62. The molecule has 7 heteroatoms. The Morgan fingerprint density at radius 2 is 1.88 bits per heavy atom. The Bertz CT molecular complexity index is 1110. The van der Waals surface area contributed by atoms with E-state index >= 15 is 0 Å². The average Bonchev–Trinajstić information content (AvgIpc) is 2.74. The number of carbonyl (C=O) groups excluding carboxylic acids is 1. The van der Waals surface area contributed by atoms with E-state index in [2.05, 4.69) is 12.7 Å². The summed E-state index contributed by atoms with van der Waals surface area (Å²) in [7, 11) is 1.36. The molecule has 0 bridgehead atoms. The topological polar surface area (TPSA) is 116 Å². The molecular formula is C26H30O7. The number of aliphatic hydroxyl groups excluding tert-OH is 1. The second-order valence-electron chi connectivity index (χ2n) is 8.64. The van der Waals surface area contributed by atoms with Crippen LogP contribution >= 0.6 is 0 Å². The number of benzene rings is 2. The number of phenolic OH excluding ortho intramolecular Hbond substituents is 3. The van der Waals surface area contributed by atoms with Crippen LogP contribution in [0.15, 0.2) is 48.1 Å². The summed E-state index contributed by atoms with van der Waals surface area (Å²) in [6.07, 6.45) is 0.254. The molecule has 3 atom stereocenters. The zero-order valence-electron chi connectivity index (χ0n) is 19.3. The zero-order chi connectivity index (χ0) is 24.4. The molecule has 1 heterocycles. The normalized spacial score (nSPS) is 18.2. The van der Waals surface area contributed by atoms with Gasteiger partial charge < -0.3 is 29.9 Å². The number of ketones is 1. The third-order valence-electron chi connectivity index (χ3n) is 5.87. The highest BCUT2D eigenvalue weighted by Gasteiger charge is 2.42. The lowest BCUT2D eigenvalue weighted by Crippen LogP contribution is -2.37. The van der Waals surface area contributed by atoms with Crippen LogP contribution in [-0.2, 0) is 6.42 Å². The van der Waals surface area contributed by atoms with Crippen LogP contribution in [0.2, 0.25) is 0 Å². The Balaban J connectivity index is 2.14. The molecule has 3 rings (SSSR count). The summed E-state index contributed by atoms with van der Waals surface area (Å²) in [5, 5.41) is 41.5. The first kappa shape index (κ1) is 24.2. The number of phenols is 3. The molecule has 0 unspecified atom stereocenters. The van der Waals surface area contributed by atoms with Crippen molar-refractivity contribution in [2.75, 3.05) is 7.11 Å². The van der Waals surface area contributed by atoms with E-state index in [1.807, 2.05) is 20.8 Å². The molecule has 0 aliphatic carbocycles. The minimum absolute atomic E-state index is 0.0330. The molecule has 0 saturated heterocycles. The van der Waals surface area contributed by atoms with Crippen molar-refractivity contribution in [3.05, 3.63) is 64.8 Å². The summed E-state index contributed by atoms with van der Waals surface area (Å²) < 4.78 is 11.4. The molecule has 1 aliphatic heterocycles. The number of hydrogen-bond acceptors (Lipinski definition) is 7. The van der Waals surface area contributed by atoms with E-state index in [-0.39, 0.29) is 45.8 Å². The maximum atomic E-state index is 13.2. The van der Waals surface area contributed by atoms with Crippen molar-refractivity contribution in [2.24, 2.45) is 5.92 Å². The minimum Gasteiger partial charge on any atom is -0.508 e. The number of rotatable bonds is 7. The van der Waals surface area contributed by atoms with Gasteiger partial charge in [-0.2, -0.15) is 0 Å². The van der Waals surface area contributed by atoms with Crippen LogP contribution in [0.3, 0.4) is 0 Å². The van der Waals surface area contributed by atoms with Gasteiger partial charge in [0.15, 0.2) is 12.2 Å². The zero-order valence-corrected chi connectivity index (χ0v) is 19.3. The van der Waals surface area contributed by atoms with Crippen LogP contribution in [0.5, 0.6) is 28.7 Å². The van der Waals surface area contributed by atoms with Crippen molar-refractivity contribution in [3.8, 4) is 28.7 Å². The first-order valence-corrected chi connectivity index (χ1v) is 10.7. The SMILES string of the molecule is C=C(C)[C@H](CC=C(C)C)Cc1c(O)cc(OC)c2c1O[C@@H](c1ccc(O)cc1O)[C@@H](O)C2=O. The molecule has 1 aliphatic rings. The van der Waals surface area contributed by atoms with Crippen LogP contribution in [0.1, 0.15) is 54.8 Å². The van der Waals surface area contributed by atoms with Gasteiger partial charge in [-0.05, 0) is 51.7 Å². The fraction of sp³-hybridized carbons (Fsp3) is 0.346. The largest absolute Gasteiger partial charge is 0.508 e. The van der Waals surface area contributed by atoms with Crippen LogP contribution in [0.25, 0.3) is 0 Å². The van der Waals surface area contributed by atoms with E-state index in [0.717, 1.165) is 17.2 Å². The van der Waals surface area contributed by atoms with Gasteiger partial charge >= 0.3 is 0 Å². The fourth-order valence-corrected chi connectivity index (χ4v) is 3.95. The number of allylic oxidation sites excluding steroid dienone is 3. The quantitative estimate of drug-likeness (QED) is 0.453. The molecule has 7 nitrogen and oxygen atoms in total. The lowest BCUT2D eigenvalue weighted by molar-refractivity contribution is 0.0197. The van der Waals surface area contributed by atoms with Crippen molar-refractivity contribution in [2.45, 2.75) is 45.8 Å². The second-order valence-corrected chi connectivity index (χ2v) is 8.64. The van der Waals surface area contributed by atoms with Gasteiger partial charge in [-0.1, -0.05) is 23.8 Å². The van der Waals surface area contributed by atoms with Crippen molar-refractivity contribution in [1.82, 2.24) is 0 Å². The number of carbonyl (C=O) groups is 1. The first-order chi connectivity index (χ1) is 15.5. The Labute approximate surface area is 193 Å². The Kier molecular flexibility index (Phi) is 7.03. The van der Waals surface area contributed by atoms with E-state index in [9.17, 15) is 25.2 Å². The van der Waals surface area contributed by atoms with Crippen LogP contribution in [0.4, 0.5) is 0 Å². The van der Waals surface area contributed by atoms with Crippen molar-refractivity contribution >= 4 is 5.78 Å². The monoisotopic (exact) mass is 454 g/mol. The summed E-state index contributed by atoms with van der Waals surface area (Å²) in [6.45, 7) is 9.98. The second kappa shape index (κ2) is 9.58. The lowest BCUT2D eigenvalue weighted by atomic mass is 9.85. The lowest BCUT2D eigenvalue weighted by Gasteiger charge is -2.33. The van der Waals surface area contributed by atoms with Gasteiger partial charge in [-0.25, -0.2) is 0 Å². The van der Waals surface area contributed by atoms with Crippen LogP contribution in [0, 0.1) is 5.92 Å². The van der Waals surface area contributed by atoms with E-state index in [0.29, 0.717) is 18.4 Å². The number of Topliss-reactive ketones (excluding diaryl/α,β-unsaturated/α-hetero) is 1. The number of methoxy groups -OCH3 is 1. The van der Waals surface area contributed by atoms with E-state index < -0.39 is 18.0 Å². The van der Waals surface area contributed by atoms with Gasteiger partial charge in [-0.3, -0.25) is 4.79 Å². The highest BCUT2D eigenvalue weighted by molar-refractivity contribution is 6.06. The molecule has 0 saturated carbocycles. The predicted molar refractivity (Wildman–Crippen MR) is 124 cm³/mol. The maximum absolute atomic E-state index is 13.2. The molecule has 176 valence electrons. The van der Waals surface area contributed by atoms with Gasteiger partial charge in [0.1, 0.15) is 34.3 Å². The van der Waals surface area contributed by atoms with E-state index in [1.54, 1.807) is 0 Å². The molecule has 2 aromatic rings. The third kappa shape index (κ3) is 4.83. The Morgan fingerprint density at radius 3 is 2.45 bits per heavy atom. The van der Waals surface area contributed by atoms with Gasteiger partial charge in [0.05, 0.1) is 7.11 Å². The molecule has 0 spiro atoms. The molecule has 4 N–H and O–H groups in total. The Hall–Kier alpha value is -3.45. The van der Waals surface area contributed by atoms with Crippen molar-refractivity contribution in [3.63, 3.8) is 0 Å². The first-order valence-electron chi connectivity index (χ1n) is 10.7. The van der Waals surface area contributed by atoms with Gasteiger partial charge in [0, 0.05) is 23.3 Å². The van der Waals surface area contributed by atoms with E-state index in [1.165, 1.54) is 25.3 Å². The Morgan fingerprint density at radius 1 is 1.18 bits per heavy atom. The highest BCUT2D eigenvalue weighted by atomic mass is 16.5. The maximum Gasteiger partial charge on any atom is 0.202 e. The molecular weight excluding hydrogens is 424 g/mol. The summed E-state index contributed by atoms with van der Waals surface area (Å²) in [5.74, 6) is -1.10. The third-order valence-corrected chi connectivity index (χ3v) is 5.87. The highest BCUT2D eigenvalue weighted by Crippen LogP contribution is 2.48. The van der Waals surface area contributed by atoms with Crippen LogP contribution in [-0.4, -0.2) is 39.4 Å². The molecule has 33 heavy (non-hydrogen) atoms. The molecule has 0 aromatic heterocycles. The fourth-order valence-electron chi connectivity index (χ4n) is 3.95. The number of hydrogen-bond donors (Lipinski definition) is 4. The van der Waals surface area contributed by atoms with E-state index in [4.69, 9.17) is 9.47 Å².